The van der Waals surface area contributed by atoms with Gasteiger partial charge in [0.25, 0.3) is 5.91 Å². The number of carbonyl (C=O) groups excluding carboxylic acids is 2. The van der Waals surface area contributed by atoms with Gasteiger partial charge in [-0.05, 0) is 12.1 Å². The molecule has 1 aromatic carbocycles. The molecule has 0 aromatic heterocycles. The van der Waals surface area contributed by atoms with Crippen LogP contribution in [-0.4, -0.2) is 36.9 Å². The number of hydrogen-bond donors (Lipinski definition) is 2. The highest BCUT2D eigenvalue weighted by Crippen LogP contribution is 2.16. The van der Waals surface area contributed by atoms with Crippen LogP contribution in [0.1, 0.15) is 0 Å². The van der Waals surface area contributed by atoms with E-state index < -0.39 is 12.5 Å². The van der Waals surface area contributed by atoms with Crippen molar-refractivity contribution in [3.8, 4) is 0 Å². The molecule has 1 fully saturated rings. The molecule has 1 aromatic rings. The van der Waals surface area contributed by atoms with Crippen LogP contribution in [0.15, 0.2) is 35.4 Å². The first-order valence-electron chi connectivity index (χ1n) is 5.19. The first-order valence-corrected chi connectivity index (χ1v) is 5.19. The van der Waals surface area contributed by atoms with E-state index in [0.717, 1.165) is 5.69 Å². The fraction of sp³-hybridized carbons (Fsp3) is 0.273. The second kappa shape index (κ2) is 7.13. The SMILES string of the molecule is N=NC(=O)CO.O=C1OCCN1c1ccccc1. The molecule has 1 aliphatic rings. The van der Waals surface area contributed by atoms with Gasteiger partial charge in [-0.1, -0.05) is 18.2 Å². The van der Waals surface area contributed by atoms with E-state index in [-0.39, 0.29) is 6.09 Å². The van der Waals surface area contributed by atoms with Gasteiger partial charge in [0.1, 0.15) is 13.2 Å². The summed E-state index contributed by atoms with van der Waals surface area (Å²) in [5.74, 6) is -0.810. The topological polar surface area (TPSA) is 103 Å². The number of anilines is 1. The van der Waals surface area contributed by atoms with Gasteiger partial charge < -0.3 is 9.84 Å². The van der Waals surface area contributed by atoms with Crippen LogP contribution >= 0.6 is 0 Å². The molecule has 0 radical (unpaired) electrons. The molecule has 1 heterocycles. The van der Waals surface area contributed by atoms with Crippen LogP contribution in [0.4, 0.5) is 10.5 Å². The van der Waals surface area contributed by atoms with Gasteiger partial charge in [-0.15, -0.1) is 5.11 Å². The minimum Gasteiger partial charge on any atom is -0.447 e. The molecule has 1 aliphatic heterocycles. The Morgan fingerprint density at radius 3 is 2.50 bits per heavy atom. The first kappa shape index (κ1) is 13.8. The largest absolute Gasteiger partial charge is 0.447 e. The number of rotatable bonds is 2. The number of para-hydroxylation sites is 1. The molecule has 0 unspecified atom stereocenters. The fourth-order valence-electron chi connectivity index (χ4n) is 1.27. The number of cyclic esters (lactones) is 1. The summed E-state index contributed by atoms with van der Waals surface area (Å²) < 4.78 is 4.81. The van der Waals surface area contributed by atoms with Crippen LogP contribution in [-0.2, 0) is 9.53 Å². The van der Waals surface area contributed by atoms with Crippen molar-refractivity contribution in [3.05, 3.63) is 30.3 Å². The van der Waals surface area contributed by atoms with Crippen molar-refractivity contribution in [2.75, 3.05) is 24.7 Å². The lowest BCUT2D eigenvalue weighted by molar-refractivity contribution is -0.121. The zero-order chi connectivity index (χ0) is 13.4. The highest BCUT2D eigenvalue weighted by molar-refractivity contribution is 5.89. The summed E-state index contributed by atoms with van der Waals surface area (Å²) in [5.41, 5.74) is 6.83. The molecule has 0 bridgehead atoms. The van der Waals surface area contributed by atoms with E-state index in [1.807, 2.05) is 30.3 Å². The van der Waals surface area contributed by atoms with Crippen molar-refractivity contribution in [1.82, 2.24) is 0 Å². The Morgan fingerprint density at radius 1 is 1.44 bits per heavy atom. The average molecular weight is 251 g/mol. The Bertz CT molecular complexity index is 422. The third kappa shape index (κ3) is 3.95. The number of hydrogen-bond acceptors (Lipinski definition) is 5. The summed E-state index contributed by atoms with van der Waals surface area (Å²) in [6.07, 6.45) is -0.249. The maximum Gasteiger partial charge on any atom is 0.414 e. The number of amides is 2. The van der Waals surface area contributed by atoms with E-state index in [2.05, 4.69) is 5.11 Å². The van der Waals surface area contributed by atoms with E-state index in [9.17, 15) is 9.59 Å². The minimum absolute atomic E-state index is 0.249. The molecule has 7 heteroatoms. The van der Waals surface area contributed by atoms with E-state index in [4.69, 9.17) is 15.4 Å². The van der Waals surface area contributed by atoms with Gasteiger partial charge in [0.2, 0.25) is 0 Å². The predicted molar refractivity (Wildman–Crippen MR) is 62.4 cm³/mol. The normalized spacial score (nSPS) is 13.4. The van der Waals surface area contributed by atoms with Gasteiger partial charge in [-0.3, -0.25) is 9.69 Å². The molecule has 2 amide bonds. The molecule has 2 rings (SSSR count). The van der Waals surface area contributed by atoms with E-state index in [1.54, 1.807) is 4.90 Å². The van der Waals surface area contributed by atoms with E-state index >= 15 is 0 Å². The summed E-state index contributed by atoms with van der Waals surface area (Å²) in [4.78, 5) is 22.3. The van der Waals surface area contributed by atoms with Crippen molar-refractivity contribution in [2.45, 2.75) is 0 Å². The van der Waals surface area contributed by atoms with Crippen LogP contribution in [0.25, 0.3) is 0 Å². The highest BCUT2D eigenvalue weighted by Gasteiger charge is 2.22. The number of benzene rings is 1. The highest BCUT2D eigenvalue weighted by atomic mass is 16.6. The fourth-order valence-corrected chi connectivity index (χ4v) is 1.27. The number of aliphatic hydroxyl groups excluding tert-OH is 1. The third-order valence-corrected chi connectivity index (χ3v) is 2.09. The Morgan fingerprint density at radius 2 is 2.11 bits per heavy atom. The van der Waals surface area contributed by atoms with Crippen LogP contribution in [0, 0.1) is 5.53 Å². The summed E-state index contributed by atoms with van der Waals surface area (Å²) in [5, 5.41) is 10.1. The predicted octanol–water partition coefficient (Wildman–Crippen LogP) is 1.18. The Kier molecular flexibility index (Phi) is 5.46. The zero-order valence-electron chi connectivity index (χ0n) is 9.57. The average Bonchev–Trinajstić information content (AvgIpc) is 2.86. The second-order valence-corrected chi connectivity index (χ2v) is 3.27. The van der Waals surface area contributed by atoms with Gasteiger partial charge in [-0.25, -0.2) is 10.3 Å². The van der Waals surface area contributed by atoms with E-state index in [0.29, 0.717) is 13.2 Å². The molecular weight excluding hydrogens is 238 g/mol. The molecule has 1 saturated heterocycles. The van der Waals surface area contributed by atoms with Gasteiger partial charge in [0, 0.05) is 5.69 Å². The Balaban J connectivity index is 0.000000232. The lowest BCUT2D eigenvalue weighted by Crippen LogP contribution is -2.22. The zero-order valence-corrected chi connectivity index (χ0v) is 9.57. The molecule has 7 nitrogen and oxygen atoms in total. The van der Waals surface area contributed by atoms with Gasteiger partial charge >= 0.3 is 6.09 Å². The van der Waals surface area contributed by atoms with Gasteiger partial charge in [-0.2, -0.15) is 0 Å². The lowest BCUT2D eigenvalue weighted by Gasteiger charge is -2.11. The van der Waals surface area contributed by atoms with Crippen molar-refractivity contribution >= 4 is 17.7 Å². The standard InChI is InChI=1S/C9H9NO2.C2H4N2O2/c11-9-10(6-7-12-9)8-4-2-1-3-5-8;3-4-2(6)1-5/h1-5H,6-7H2;3,5H,1H2. The maximum atomic E-state index is 11.1. The molecule has 0 saturated carbocycles. The Labute approximate surface area is 103 Å². The maximum absolute atomic E-state index is 11.1. The summed E-state index contributed by atoms with van der Waals surface area (Å²) in [6.45, 7) is 0.486. The number of ether oxygens (including phenoxy) is 1. The summed E-state index contributed by atoms with van der Waals surface area (Å²) >= 11 is 0. The third-order valence-electron chi connectivity index (χ3n) is 2.09. The minimum atomic E-state index is -0.810. The number of nitrogens with zero attached hydrogens (tertiary/aromatic N) is 2. The smallest absolute Gasteiger partial charge is 0.414 e. The van der Waals surface area contributed by atoms with E-state index in [1.165, 1.54) is 0 Å². The van der Waals surface area contributed by atoms with Crippen molar-refractivity contribution in [2.24, 2.45) is 5.11 Å². The molecule has 0 spiro atoms. The van der Waals surface area contributed by atoms with Crippen LogP contribution in [0.3, 0.4) is 0 Å². The Hall–Kier alpha value is -2.28. The molecule has 2 N–H and O–H groups in total. The number of carbonyl (C=O) groups is 2. The second-order valence-electron chi connectivity index (χ2n) is 3.27. The van der Waals surface area contributed by atoms with Gasteiger partial charge in [0.15, 0.2) is 0 Å². The van der Waals surface area contributed by atoms with Crippen molar-refractivity contribution in [1.29, 1.82) is 5.53 Å². The lowest BCUT2D eigenvalue weighted by atomic mass is 10.3. The summed E-state index contributed by atoms with van der Waals surface area (Å²) in [7, 11) is 0. The van der Waals surface area contributed by atoms with Crippen molar-refractivity contribution in [3.63, 3.8) is 0 Å². The molecule has 96 valence electrons. The molecule has 0 atom stereocenters. The number of nitrogens with one attached hydrogen (secondary N) is 1. The van der Waals surface area contributed by atoms with Crippen LogP contribution < -0.4 is 4.90 Å². The molecule has 0 aliphatic carbocycles. The van der Waals surface area contributed by atoms with Crippen LogP contribution in [0.2, 0.25) is 0 Å². The van der Waals surface area contributed by atoms with Gasteiger partial charge in [0.05, 0.1) is 6.54 Å². The quantitative estimate of drug-likeness (QED) is 0.770. The first-order chi connectivity index (χ1) is 8.69. The molecular formula is C11H13N3O4. The van der Waals surface area contributed by atoms with Crippen molar-refractivity contribution < 1.29 is 19.4 Å². The number of aliphatic hydroxyl groups is 1. The molecule has 18 heavy (non-hydrogen) atoms. The monoisotopic (exact) mass is 251 g/mol. The van der Waals surface area contributed by atoms with Crippen LogP contribution in [0.5, 0.6) is 0 Å². The summed E-state index contributed by atoms with van der Waals surface area (Å²) in [6, 6.07) is 9.52.